The number of nitrogens with zero attached hydrogens (tertiary/aromatic N) is 1. The van der Waals surface area contributed by atoms with E-state index < -0.39 is 10.0 Å². The first-order chi connectivity index (χ1) is 12.4. The van der Waals surface area contributed by atoms with E-state index in [2.05, 4.69) is 5.32 Å². The van der Waals surface area contributed by atoms with Crippen molar-refractivity contribution >= 4 is 44.6 Å². The van der Waals surface area contributed by atoms with Gasteiger partial charge >= 0.3 is 0 Å². The van der Waals surface area contributed by atoms with Crippen LogP contribution in [0.5, 0.6) is 5.75 Å². The van der Waals surface area contributed by atoms with Crippen molar-refractivity contribution in [1.82, 2.24) is 4.31 Å². The molecule has 140 valence electrons. The van der Waals surface area contributed by atoms with Crippen LogP contribution in [0.25, 0.3) is 0 Å². The lowest BCUT2D eigenvalue weighted by Crippen LogP contribution is -2.35. The number of sulfonamides is 1. The summed E-state index contributed by atoms with van der Waals surface area (Å²) in [4.78, 5) is 13.0. The first kappa shape index (κ1) is 19.2. The van der Waals surface area contributed by atoms with Crippen LogP contribution in [0, 0.1) is 0 Å². The first-order valence-electron chi connectivity index (χ1n) is 8.16. The van der Waals surface area contributed by atoms with Gasteiger partial charge in [-0.15, -0.1) is 11.3 Å². The molecule has 1 saturated heterocycles. The number of carbonyl (C=O) groups is 1. The molecule has 9 heteroatoms. The topological polar surface area (TPSA) is 75.7 Å². The van der Waals surface area contributed by atoms with Crippen LogP contribution in [-0.4, -0.2) is 38.8 Å². The lowest BCUT2D eigenvalue weighted by molar-refractivity contribution is 0.103. The van der Waals surface area contributed by atoms with E-state index in [0.717, 1.165) is 30.6 Å². The van der Waals surface area contributed by atoms with Gasteiger partial charge in [0.15, 0.2) is 0 Å². The molecule has 3 rings (SSSR count). The molecule has 1 aromatic heterocycles. The average Bonchev–Trinajstić information content (AvgIpc) is 3.09. The second-order valence-electron chi connectivity index (χ2n) is 5.88. The van der Waals surface area contributed by atoms with E-state index in [1.165, 1.54) is 23.5 Å². The summed E-state index contributed by atoms with van der Waals surface area (Å²) in [6.07, 6.45) is 2.76. The number of halogens is 1. The maximum Gasteiger partial charge on any atom is 0.265 e. The number of carbonyl (C=O) groups excluding carboxylic acids is 1. The van der Waals surface area contributed by atoms with Gasteiger partial charge in [0, 0.05) is 13.1 Å². The molecule has 1 aliphatic heterocycles. The smallest absolute Gasteiger partial charge is 0.265 e. The van der Waals surface area contributed by atoms with Crippen LogP contribution in [0.4, 0.5) is 5.69 Å². The highest BCUT2D eigenvalue weighted by Gasteiger charge is 2.27. The van der Waals surface area contributed by atoms with E-state index in [1.807, 2.05) is 0 Å². The molecule has 1 N–H and O–H groups in total. The third kappa shape index (κ3) is 4.03. The summed E-state index contributed by atoms with van der Waals surface area (Å²) < 4.78 is 33.0. The maximum atomic E-state index is 12.9. The van der Waals surface area contributed by atoms with Crippen molar-refractivity contribution in [2.24, 2.45) is 0 Å². The van der Waals surface area contributed by atoms with Crippen LogP contribution in [0.3, 0.4) is 0 Å². The Bertz CT molecular complexity index is 905. The molecule has 6 nitrogen and oxygen atoms in total. The Morgan fingerprint density at radius 2 is 1.92 bits per heavy atom. The van der Waals surface area contributed by atoms with Crippen LogP contribution in [0.2, 0.25) is 4.34 Å². The van der Waals surface area contributed by atoms with Crippen LogP contribution in [-0.2, 0) is 10.0 Å². The van der Waals surface area contributed by atoms with E-state index in [9.17, 15) is 13.2 Å². The zero-order valence-electron chi connectivity index (χ0n) is 14.2. The third-order valence-corrected chi connectivity index (χ3v) is 7.29. The van der Waals surface area contributed by atoms with Gasteiger partial charge in [-0.3, -0.25) is 4.79 Å². The van der Waals surface area contributed by atoms with Crippen molar-refractivity contribution in [2.45, 2.75) is 24.2 Å². The van der Waals surface area contributed by atoms with E-state index in [-0.39, 0.29) is 10.8 Å². The van der Waals surface area contributed by atoms with Gasteiger partial charge in [-0.2, -0.15) is 4.31 Å². The molecule has 2 aromatic rings. The Balaban J connectivity index is 1.90. The van der Waals surface area contributed by atoms with Gasteiger partial charge in [-0.1, -0.05) is 18.0 Å². The highest BCUT2D eigenvalue weighted by molar-refractivity contribution is 7.89. The van der Waals surface area contributed by atoms with Crippen molar-refractivity contribution in [3.63, 3.8) is 0 Å². The predicted octanol–water partition coefficient (Wildman–Crippen LogP) is 3.84. The van der Waals surface area contributed by atoms with Gasteiger partial charge in [0.1, 0.15) is 5.75 Å². The quantitative estimate of drug-likeness (QED) is 0.806. The predicted molar refractivity (Wildman–Crippen MR) is 103 cm³/mol. The minimum Gasteiger partial charge on any atom is -0.495 e. The number of anilines is 1. The Morgan fingerprint density at radius 3 is 2.54 bits per heavy atom. The first-order valence-corrected chi connectivity index (χ1v) is 10.8. The molecule has 0 atom stereocenters. The van der Waals surface area contributed by atoms with E-state index in [1.54, 1.807) is 18.2 Å². The summed E-state index contributed by atoms with van der Waals surface area (Å²) in [6, 6.07) is 7.74. The SMILES string of the molecule is COc1ccc(S(=O)(=O)N2CCCCC2)cc1NC(=O)c1ccc(Cl)s1. The molecule has 1 fully saturated rings. The van der Waals surface area contributed by atoms with Crippen LogP contribution in [0.15, 0.2) is 35.2 Å². The fraction of sp³-hybridized carbons (Fsp3) is 0.353. The van der Waals surface area contributed by atoms with Crippen molar-refractivity contribution in [2.75, 3.05) is 25.5 Å². The molecule has 1 amide bonds. The van der Waals surface area contributed by atoms with Crippen LogP contribution < -0.4 is 10.1 Å². The van der Waals surface area contributed by atoms with Gasteiger partial charge in [-0.25, -0.2) is 8.42 Å². The second-order valence-corrected chi connectivity index (χ2v) is 9.54. The summed E-state index contributed by atoms with van der Waals surface area (Å²) in [6.45, 7) is 1.04. The lowest BCUT2D eigenvalue weighted by Gasteiger charge is -2.26. The van der Waals surface area contributed by atoms with Gasteiger partial charge in [0.2, 0.25) is 10.0 Å². The van der Waals surface area contributed by atoms with Crippen LogP contribution in [0.1, 0.15) is 28.9 Å². The minimum absolute atomic E-state index is 0.139. The average molecular weight is 415 g/mol. The van der Waals surface area contributed by atoms with Crippen molar-refractivity contribution < 1.29 is 17.9 Å². The number of piperidine rings is 1. The summed E-state index contributed by atoms with van der Waals surface area (Å²) >= 11 is 7.01. The Kier molecular flexibility index (Phi) is 5.86. The van der Waals surface area contributed by atoms with Crippen LogP contribution >= 0.6 is 22.9 Å². The number of methoxy groups -OCH3 is 1. The summed E-state index contributed by atoms with van der Waals surface area (Å²) in [7, 11) is -2.13. The second kappa shape index (κ2) is 7.96. The monoisotopic (exact) mass is 414 g/mol. The molecular formula is C17H19ClN2O4S2. The Labute approximate surface area is 161 Å². The number of rotatable bonds is 5. The molecule has 26 heavy (non-hydrogen) atoms. The summed E-state index contributed by atoms with van der Waals surface area (Å²) in [5.41, 5.74) is 0.306. The third-order valence-electron chi connectivity index (χ3n) is 4.17. The van der Waals surface area contributed by atoms with Crippen molar-refractivity contribution in [3.8, 4) is 5.75 Å². The fourth-order valence-electron chi connectivity index (χ4n) is 2.82. The number of hydrogen-bond donors (Lipinski definition) is 1. The standard InChI is InChI=1S/C17H19ClN2O4S2/c1-24-14-6-5-12(26(22,23)20-9-3-2-4-10-20)11-13(14)19-17(21)15-7-8-16(18)25-15/h5-8,11H,2-4,9-10H2,1H3,(H,19,21). The van der Waals surface area contributed by atoms with Crippen molar-refractivity contribution in [1.29, 1.82) is 0 Å². The zero-order valence-corrected chi connectivity index (χ0v) is 16.6. The molecule has 0 bridgehead atoms. The molecule has 1 aromatic carbocycles. The number of benzene rings is 1. The van der Waals surface area contributed by atoms with Gasteiger partial charge in [-0.05, 0) is 43.2 Å². The maximum absolute atomic E-state index is 12.9. The summed E-state index contributed by atoms with van der Waals surface area (Å²) in [5, 5.41) is 2.71. The number of ether oxygens (including phenoxy) is 1. The highest BCUT2D eigenvalue weighted by Crippen LogP contribution is 2.31. The Morgan fingerprint density at radius 1 is 1.19 bits per heavy atom. The van der Waals surface area contributed by atoms with E-state index in [0.29, 0.717) is 33.7 Å². The summed E-state index contributed by atoms with van der Waals surface area (Å²) in [5.74, 6) is 0.0197. The molecule has 1 aliphatic rings. The number of nitrogens with one attached hydrogen (secondary N) is 1. The number of amides is 1. The zero-order chi connectivity index (χ0) is 18.7. The molecule has 0 saturated carbocycles. The highest BCUT2D eigenvalue weighted by atomic mass is 35.5. The van der Waals surface area contributed by atoms with E-state index >= 15 is 0 Å². The molecule has 0 aliphatic carbocycles. The van der Waals surface area contributed by atoms with Gasteiger partial charge in [0.25, 0.3) is 5.91 Å². The van der Waals surface area contributed by atoms with Gasteiger partial charge < -0.3 is 10.1 Å². The largest absolute Gasteiger partial charge is 0.495 e. The lowest BCUT2D eigenvalue weighted by atomic mass is 10.2. The fourth-order valence-corrected chi connectivity index (χ4v) is 5.30. The molecule has 0 unspecified atom stereocenters. The molecule has 2 heterocycles. The normalized spacial score (nSPS) is 15.6. The number of thiophene rings is 1. The van der Waals surface area contributed by atoms with Crippen molar-refractivity contribution in [3.05, 3.63) is 39.5 Å². The molecular weight excluding hydrogens is 396 g/mol. The number of hydrogen-bond acceptors (Lipinski definition) is 5. The minimum atomic E-state index is -3.60. The van der Waals surface area contributed by atoms with Gasteiger partial charge in [0.05, 0.1) is 26.9 Å². The molecule has 0 spiro atoms. The molecule has 0 radical (unpaired) electrons. The van der Waals surface area contributed by atoms with E-state index in [4.69, 9.17) is 16.3 Å². The Hall–Kier alpha value is -1.61.